The first-order chi connectivity index (χ1) is 8.20. The molecule has 0 aliphatic heterocycles. The zero-order chi connectivity index (χ0) is 12.6. The minimum Gasteiger partial charge on any atom is -0.404 e. The third kappa shape index (κ3) is 5.35. The SMILES string of the molecule is CCCOP(=O)(OCCC)Oc1ccccc1. The molecule has 0 fully saturated rings. The summed E-state index contributed by atoms with van der Waals surface area (Å²) >= 11 is 0. The van der Waals surface area contributed by atoms with Gasteiger partial charge in [0.05, 0.1) is 13.2 Å². The van der Waals surface area contributed by atoms with E-state index in [2.05, 4.69) is 0 Å². The molecule has 5 heteroatoms. The molecule has 0 spiro atoms. The van der Waals surface area contributed by atoms with Crippen molar-refractivity contribution in [2.45, 2.75) is 26.7 Å². The Labute approximate surface area is 103 Å². The summed E-state index contributed by atoms with van der Waals surface area (Å²) in [4.78, 5) is 0. The molecule has 0 N–H and O–H groups in total. The Kier molecular flexibility index (Phi) is 6.27. The molecule has 0 saturated heterocycles. The lowest BCUT2D eigenvalue weighted by Crippen LogP contribution is -2.04. The highest BCUT2D eigenvalue weighted by Crippen LogP contribution is 2.49. The van der Waals surface area contributed by atoms with Crippen LogP contribution in [0.3, 0.4) is 0 Å². The Morgan fingerprint density at radius 3 is 2.00 bits per heavy atom. The van der Waals surface area contributed by atoms with Gasteiger partial charge in [-0.05, 0) is 25.0 Å². The van der Waals surface area contributed by atoms with Crippen LogP contribution in [0.25, 0.3) is 0 Å². The first kappa shape index (κ1) is 14.2. The molecule has 1 aromatic carbocycles. The van der Waals surface area contributed by atoms with E-state index >= 15 is 0 Å². The summed E-state index contributed by atoms with van der Waals surface area (Å²) in [5, 5.41) is 0. The van der Waals surface area contributed by atoms with Crippen molar-refractivity contribution in [1.29, 1.82) is 0 Å². The van der Waals surface area contributed by atoms with E-state index in [-0.39, 0.29) is 0 Å². The van der Waals surface area contributed by atoms with E-state index in [1.807, 2.05) is 19.9 Å². The van der Waals surface area contributed by atoms with Crippen LogP contribution in [0.15, 0.2) is 30.3 Å². The highest BCUT2D eigenvalue weighted by atomic mass is 31.2. The van der Waals surface area contributed by atoms with Crippen molar-refractivity contribution in [3.8, 4) is 5.75 Å². The van der Waals surface area contributed by atoms with Crippen LogP contribution < -0.4 is 4.52 Å². The number of benzene rings is 1. The molecule has 1 aromatic rings. The highest BCUT2D eigenvalue weighted by molar-refractivity contribution is 7.48. The van der Waals surface area contributed by atoms with Gasteiger partial charge in [0.2, 0.25) is 0 Å². The van der Waals surface area contributed by atoms with Crippen LogP contribution in [0.2, 0.25) is 0 Å². The van der Waals surface area contributed by atoms with E-state index < -0.39 is 7.82 Å². The molecule has 0 saturated carbocycles. The lowest BCUT2D eigenvalue weighted by atomic mass is 10.3. The highest BCUT2D eigenvalue weighted by Gasteiger charge is 2.27. The number of phosphoric ester groups is 1. The zero-order valence-corrected chi connectivity index (χ0v) is 11.2. The van der Waals surface area contributed by atoms with Crippen LogP contribution in [0.1, 0.15) is 26.7 Å². The molecule has 0 radical (unpaired) electrons. The second kappa shape index (κ2) is 7.49. The molecule has 0 atom stereocenters. The third-order valence-electron chi connectivity index (χ3n) is 1.87. The van der Waals surface area contributed by atoms with Crippen molar-refractivity contribution in [2.75, 3.05) is 13.2 Å². The van der Waals surface area contributed by atoms with Gasteiger partial charge in [-0.1, -0.05) is 32.0 Å². The molecular weight excluding hydrogens is 239 g/mol. The van der Waals surface area contributed by atoms with Crippen LogP contribution in [0.4, 0.5) is 0 Å². The van der Waals surface area contributed by atoms with Gasteiger partial charge in [0.1, 0.15) is 5.75 Å². The van der Waals surface area contributed by atoms with Gasteiger partial charge in [0.15, 0.2) is 0 Å². The average molecular weight is 258 g/mol. The largest absolute Gasteiger partial charge is 0.530 e. The topological polar surface area (TPSA) is 44.8 Å². The number of hydrogen-bond acceptors (Lipinski definition) is 4. The minimum absolute atomic E-state index is 0.355. The maximum Gasteiger partial charge on any atom is 0.530 e. The normalized spacial score (nSPS) is 11.4. The minimum atomic E-state index is -3.47. The van der Waals surface area contributed by atoms with Crippen molar-refractivity contribution in [1.82, 2.24) is 0 Å². The van der Waals surface area contributed by atoms with Gasteiger partial charge >= 0.3 is 7.82 Å². The van der Waals surface area contributed by atoms with Crippen LogP contribution in [0.5, 0.6) is 5.75 Å². The molecule has 0 aliphatic rings. The van der Waals surface area contributed by atoms with E-state index in [0.717, 1.165) is 12.8 Å². The molecule has 0 bridgehead atoms. The Balaban J connectivity index is 2.65. The van der Waals surface area contributed by atoms with E-state index in [1.165, 1.54) is 0 Å². The van der Waals surface area contributed by atoms with E-state index in [1.54, 1.807) is 24.3 Å². The van der Waals surface area contributed by atoms with E-state index in [4.69, 9.17) is 13.6 Å². The van der Waals surface area contributed by atoms with E-state index in [0.29, 0.717) is 19.0 Å². The third-order valence-corrected chi connectivity index (χ3v) is 3.30. The molecule has 0 heterocycles. The summed E-state index contributed by atoms with van der Waals surface area (Å²) in [6.07, 6.45) is 1.52. The van der Waals surface area contributed by atoms with Gasteiger partial charge in [-0.3, -0.25) is 9.05 Å². The first-order valence-corrected chi connectivity index (χ1v) is 7.30. The fourth-order valence-corrected chi connectivity index (χ4v) is 2.48. The lowest BCUT2D eigenvalue weighted by molar-refractivity contribution is 0.155. The second-order valence-corrected chi connectivity index (χ2v) is 5.11. The quantitative estimate of drug-likeness (QED) is 0.660. The standard InChI is InChI=1S/C12H19O4P/c1-3-10-14-17(13,15-11-4-2)16-12-8-6-5-7-9-12/h5-9H,3-4,10-11H2,1-2H3. The average Bonchev–Trinajstić information content (AvgIpc) is 2.35. The Morgan fingerprint density at radius 2 is 1.53 bits per heavy atom. The fourth-order valence-electron chi connectivity index (χ4n) is 1.11. The molecule has 0 unspecified atom stereocenters. The first-order valence-electron chi connectivity index (χ1n) is 5.84. The number of phosphoric acid groups is 1. The van der Waals surface area contributed by atoms with Crippen LogP contribution in [-0.2, 0) is 13.6 Å². The van der Waals surface area contributed by atoms with E-state index in [9.17, 15) is 4.57 Å². The lowest BCUT2D eigenvalue weighted by Gasteiger charge is -2.17. The molecule has 0 aromatic heterocycles. The van der Waals surface area contributed by atoms with Crippen molar-refractivity contribution in [2.24, 2.45) is 0 Å². The van der Waals surface area contributed by atoms with Gasteiger partial charge in [-0.25, -0.2) is 4.57 Å². The number of rotatable bonds is 8. The Morgan fingerprint density at radius 1 is 1.00 bits per heavy atom. The smallest absolute Gasteiger partial charge is 0.404 e. The summed E-state index contributed by atoms with van der Waals surface area (Å²) in [5.41, 5.74) is 0. The summed E-state index contributed by atoms with van der Waals surface area (Å²) in [6.45, 7) is 4.58. The van der Waals surface area contributed by atoms with Crippen LogP contribution >= 0.6 is 7.82 Å². The van der Waals surface area contributed by atoms with Crippen molar-refractivity contribution < 1.29 is 18.1 Å². The van der Waals surface area contributed by atoms with Crippen molar-refractivity contribution in [3.63, 3.8) is 0 Å². The van der Waals surface area contributed by atoms with Gasteiger partial charge in [-0.15, -0.1) is 0 Å². The molecule has 0 amide bonds. The molecular formula is C12H19O4P. The number of para-hydroxylation sites is 1. The Bertz CT molecular complexity index is 341. The van der Waals surface area contributed by atoms with Gasteiger partial charge in [0, 0.05) is 0 Å². The monoisotopic (exact) mass is 258 g/mol. The van der Waals surface area contributed by atoms with Crippen LogP contribution in [0, 0.1) is 0 Å². The molecule has 96 valence electrons. The number of hydrogen-bond donors (Lipinski definition) is 0. The molecule has 0 aliphatic carbocycles. The second-order valence-electron chi connectivity index (χ2n) is 3.52. The van der Waals surface area contributed by atoms with Crippen molar-refractivity contribution in [3.05, 3.63) is 30.3 Å². The summed E-state index contributed by atoms with van der Waals surface area (Å²) in [5.74, 6) is 0.489. The van der Waals surface area contributed by atoms with Gasteiger partial charge in [-0.2, -0.15) is 0 Å². The summed E-state index contributed by atoms with van der Waals surface area (Å²) < 4.78 is 27.9. The van der Waals surface area contributed by atoms with Gasteiger partial charge < -0.3 is 4.52 Å². The molecule has 4 nitrogen and oxygen atoms in total. The van der Waals surface area contributed by atoms with Gasteiger partial charge in [0.25, 0.3) is 0 Å². The van der Waals surface area contributed by atoms with Crippen LogP contribution in [-0.4, -0.2) is 13.2 Å². The summed E-state index contributed by atoms with van der Waals surface area (Å²) in [7, 11) is -3.47. The summed E-state index contributed by atoms with van der Waals surface area (Å²) in [6, 6.07) is 8.91. The maximum atomic E-state index is 12.2. The molecule has 17 heavy (non-hydrogen) atoms. The van der Waals surface area contributed by atoms with Crippen molar-refractivity contribution >= 4 is 7.82 Å². The predicted octanol–water partition coefficient (Wildman–Crippen LogP) is 4.03. The zero-order valence-electron chi connectivity index (χ0n) is 10.3. The maximum absolute atomic E-state index is 12.2. The molecule has 1 rings (SSSR count). The Hall–Kier alpha value is -0.830. The fraction of sp³-hybridized carbons (Fsp3) is 0.500. The predicted molar refractivity (Wildman–Crippen MR) is 67.2 cm³/mol.